The number of aryl methyl sites for hydroxylation is 1. The molecule has 1 aromatic heterocycles. The monoisotopic (exact) mass is 322 g/mol. The van der Waals surface area contributed by atoms with E-state index in [4.69, 9.17) is 0 Å². The van der Waals surface area contributed by atoms with Gasteiger partial charge in [0.05, 0.1) is 10.7 Å². The smallest absolute Gasteiger partial charge is 0.205 e. The summed E-state index contributed by atoms with van der Waals surface area (Å²) in [6.07, 6.45) is 4.60. The minimum atomic E-state index is -0.325. The van der Waals surface area contributed by atoms with Gasteiger partial charge in [-0.1, -0.05) is 18.2 Å². The molecule has 0 unspecified atom stereocenters. The van der Waals surface area contributed by atoms with E-state index in [-0.39, 0.29) is 11.6 Å². The summed E-state index contributed by atoms with van der Waals surface area (Å²) >= 11 is 3.30. The molecule has 0 bridgehead atoms. The normalized spacial score (nSPS) is 11.1. The lowest BCUT2D eigenvalue weighted by molar-refractivity contribution is 0.103. The summed E-state index contributed by atoms with van der Waals surface area (Å²) in [7, 11) is 0. The summed E-state index contributed by atoms with van der Waals surface area (Å²) in [5.74, 6) is -0.495. The van der Waals surface area contributed by atoms with Crippen LogP contribution in [0.1, 0.15) is 23.0 Å². The molecule has 0 aliphatic heterocycles. The predicted octanol–water partition coefficient (Wildman–Crippen LogP) is 3.70. The quantitative estimate of drug-likeness (QED) is 0.635. The van der Waals surface area contributed by atoms with Crippen LogP contribution in [0.2, 0.25) is 0 Å². The molecular weight excluding hydrogens is 311 g/mol. The standard InChI is InChI=1S/C14H12BrFN2O/c1-2-18-14(12(15)9-17-18)13(19)7-6-10-4-3-5-11(16)8-10/h3-9H,2H2,1H3/b7-6+. The lowest BCUT2D eigenvalue weighted by Crippen LogP contribution is -2.07. The van der Waals surface area contributed by atoms with E-state index in [1.165, 1.54) is 18.2 Å². The van der Waals surface area contributed by atoms with Crippen LogP contribution in [0.4, 0.5) is 4.39 Å². The zero-order chi connectivity index (χ0) is 13.8. The summed E-state index contributed by atoms with van der Waals surface area (Å²) in [6, 6.07) is 6.07. The predicted molar refractivity (Wildman–Crippen MR) is 75.4 cm³/mol. The number of carbonyl (C=O) groups is 1. The summed E-state index contributed by atoms with van der Waals surface area (Å²) in [5.41, 5.74) is 1.14. The average Bonchev–Trinajstić information content (AvgIpc) is 2.77. The van der Waals surface area contributed by atoms with Gasteiger partial charge < -0.3 is 0 Å². The van der Waals surface area contributed by atoms with Crippen LogP contribution in [0.5, 0.6) is 0 Å². The maximum Gasteiger partial charge on any atom is 0.205 e. The van der Waals surface area contributed by atoms with E-state index in [1.54, 1.807) is 29.1 Å². The fraction of sp³-hybridized carbons (Fsp3) is 0.143. The van der Waals surface area contributed by atoms with E-state index in [9.17, 15) is 9.18 Å². The second kappa shape index (κ2) is 5.93. The maximum atomic E-state index is 13.0. The molecule has 0 spiro atoms. The van der Waals surface area contributed by atoms with E-state index in [0.29, 0.717) is 22.3 Å². The molecule has 0 fully saturated rings. The molecule has 3 nitrogen and oxygen atoms in total. The van der Waals surface area contributed by atoms with Crippen molar-refractivity contribution in [1.82, 2.24) is 9.78 Å². The van der Waals surface area contributed by atoms with Crippen LogP contribution >= 0.6 is 15.9 Å². The van der Waals surface area contributed by atoms with Gasteiger partial charge in [0.15, 0.2) is 0 Å². The van der Waals surface area contributed by atoms with Gasteiger partial charge in [-0.15, -0.1) is 0 Å². The van der Waals surface area contributed by atoms with Crippen molar-refractivity contribution in [2.24, 2.45) is 0 Å². The Morgan fingerprint density at radius 1 is 1.53 bits per heavy atom. The van der Waals surface area contributed by atoms with Crippen LogP contribution in [0, 0.1) is 5.82 Å². The summed E-state index contributed by atoms with van der Waals surface area (Å²) in [4.78, 5) is 12.1. The molecule has 0 N–H and O–H groups in total. The van der Waals surface area contributed by atoms with Crippen molar-refractivity contribution in [3.63, 3.8) is 0 Å². The summed E-state index contributed by atoms with van der Waals surface area (Å²) < 4.78 is 15.3. The van der Waals surface area contributed by atoms with E-state index < -0.39 is 0 Å². The van der Waals surface area contributed by atoms with Gasteiger partial charge in [0, 0.05) is 6.54 Å². The highest BCUT2D eigenvalue weighted by Gasteiger charge is 2.13. The first-order valence-corrected chi connectivity index (χ1v) is 6.60. The molecule has 1 aromatic carbocycles. The number of halogens is 2. The van der Waals surface area contributed by atoms with Gasteiger partial charge in [-0.2, -0.15) is 5.10 Å². The molecule has 0 amide bonds. The van der Waals surface area contributed by atoms with Crippen LogP contribution in [0.15, 0.2) is 41.0 Å². The molecule has 0 aliphatic rings. The largest absolute Gasteiger partial charge is 0.288 e. The number of benzene rings is 1. The van der Waals surface area contributed by atoms with Crippen LogP contribution in [0.25, 0.3) is 6.08 Å². The summed E-state index contributed by atoms with van der Waals surface area (Å²) in [6.45, 7) is 2.52. The average molecular weight is 323 g/mol. The Morgan fingerprint density at radius 2 is 2.32 bits per heavy atom. The van der Waals surface area contributed by atoms with Crippen LogP contribution in [-0.2, 0) is 6.54 Å². The van der Waals surface area contributed by atoms with Crippen molar-refractivity contribution in [1.29, 1.82) is 0 Å². The molecule has 0 saturated heterocycles. The van der Waals surface area contributed by atoms with E-state index in [2.05, 4.69) is 21.0 Å². The molecule has 5 heteroatoms. The molecule has 98 valence electrons. The van der Waals surface area contributed by atoms with Crippen molar-refractivity contribution < 1.29 is 9.18 Å². The van der Waals surface area contributed by atoms with Gasteiger partial charge in [-0.25, -0.2) is 4.39 Å². The molecule has 0 saturated carbocycles. The lowest BCUT2D eigenvalue weighted by Gasteiger charge is -2.01. The van der Waals surface area contributed by atoms with Crippen LogP contribution in [-0.4, -0.2) is 15.6 Å². The van der Waals surface area contributed by atoms with Crippen LogP contribution < -0.4 is 0 Å². The van der Waals surface area contributed by atoms with E-state index >= 15 is 0 Å². The molecule has 1 heterocycles. The third-order valence-electron chi connectivity index (χ3n) is 2.60. The van der Waals surface area contributed by atoms with Crippen molar-refractivity contribution in [3.8, 4) is 0 Å². The van der Waals surface area contributed by atoms with Gasteiger partial charge in [0.25, 0.3) is 0 Å². The number of rotatable bonds is 4. The fourth-order valence-corrected chi connectivity index (χ4v) is 2.20. The highest BCUT2D eigenvalue weighted by atomic mass is 79.9. The van der Waals surface area contributed by atoms with Crippen LogP contribution in [0.3, 0.4) is 0 Å². The second-order valence-electron chi connectivity index (χ2n) is 3.91. The Morgan fingerprint density at radius 3 is 3.00 bits per heavy atom. The Kier molecular flexibility index (Phi) is 4.27. The van der Waals surface area contributed by atoms with E-state index in [0.717, 1.165) is 0 Å². The first-order chi connectivity index (χ1) is 9.11. The highest BCUT2D eigenvalue weighted by Crippen LogP contribution is 2.17. The molecule has 2 aromatic rings. The third-order valence-corrected chi connectivity index (χ3v) is 3.18. The number of hydrogen-bond acceptors (Lipinski definition) is 2. The fourth-order valence-electron chi connectivity index (χ4n) is 1.71. The Balaban J connectivity index is 2.23. The number of nitrogens with zero attached hydrogens (tertiary/aromatic N) is 2. The molecular formula is C14H12BrFN2O. The van der Waals surface area contributed by atoms with E-state index in [1.807, 2.05) is 6.92 Å². The van der Waals surface area contributed by atoms with Crippen molar-refractivity contribution in [2.75, 3.05) is 0 Å². The van der Waals surface area contributed by atoms with Gasteiger partial charge in [0.2, 0.25) is 5.78 Å². The Hall–Kier alpha value is -1.75. The van der Waals surface area contributed by atoms with Crippen molar-refractivity contribution in [3.05, 3.63) is 58.1 Å². The number of ketones is 1. The van der Waals surface area contributed by atoms with Gasteiger partial charge >= 0.3 is 0 Å². The molecule has 0 atom stereocenters. The maximum absolute atomic E-state index is 13.0. The number of hydrogen-bond donors (Lipinski definition) is 0. The molecule has 0 radical (unpaired) electrons. The van der Waals surface area contributed by atoms with Crippen molar-refractivity contribution >= 4 is 27.8 Å². The zero-order valence-electron chi connectivity index (χ0n) is 10.3. The first kappa shape index (κ1) is 13.7. The van der Waals surface area contributed by atoms with Gasteiger partial charge in [-0.05, 0) is 46.6 Å². The number of aromatic nitrogens is 2. The van der Waals surface area contributed by atoms with Gasteiger partial charge in [-0.3, -0.25) is 9.48 Å². The summed E-state index contributed by atoms with van der Waals surface area (Å²) in [5, 5.41) is 4.08. The third kappa shape index (κ3) is 3.17. The number of allylic oxidation sites excluding steroid dienone is 1. The number of carbonyl (C=O) groups excluding carboxylic acids is 1. The molecule has 2 rings (SSSR count). The molecule has 0 aliphatic carbocycles. The lowest BCUT2D eigenvalue weighted by atomic mass is 10.1. The van der Waals surface area contributed by atoms with Gasteiger partial charge in [0.1, 0.15) is 11.5 Å². The SMILES string of the molecule is CCn1ncc(Br)c1C(=O)/C=C/c1cccc(F)c1. The first-order valence-electron chi connectivity index (χ1n) is 5.81. The second-order valence-corrected chi connectivity index (χ2v) is 4.76. The minimum absolute atomic E-state index is 0.171. The topological polar surface area (TPSA) is 34.9 Å². The highest BCUT2D eigenvalue weighted by molar-refractivity contribution is 9.10. The zero-order valence-corrected chi connectivity index (χ0v) is 11.9. The van der Waals surface area contributed by atoms with Crippen molar-refractivity contribution in [2.45, 2.75) is 13.5 Å². The minimum Gasteiger partial charge on any atom is -0.288 e. The Labute approximate surface area is 118 Å². The Bertz CT molecular complexity index is 634. The molecule has 19 heavy (non-hydrogen) atoms.